The zero-order valence-corrected chi connectivity index (χ0v) is 14.3. The predicted molar refractivity (Wildman–Crippen MR) is 94.0 cm³/mol. The fourth-order valence-corrected chi connectivity index (χ4v) is 3.80. The van der Waals surface area contributed by atoms with Crippen LogP contribution in [0.15, 0.2) is 59.6 Å². The zero-order valence-electron chi connectivity index (χ0n) is 14.3. The summed E-state index contributed by atoms with van der Waals surface area (Å²) < 4.78 is 11.4. The lowest BCUT2D eigenvalue weighted by molar-refractivity contribution is -0.214. The van der Waals surface area contributed by atoms with Gasteiger partial charge in [-0.15, -0.1) is 0 Å². The van der Waals surface area contributed by atoms with Crippen LogP contribution >= 0.6 is 0 Å². The zero-order chi connectivity index (χ0) is 17.2. The first kappa shape index (κ1) is 16.8. The number of nitrogens with zero attached hydrogens (tertiary/aromatic N) is 1. The molecule has 0 heterocycles. The second-order valence-electron chi connectivity index (χ2n) is 6.33. The van der Waals surface area contributed by atoms with E-state index in [9.17, 15) is 4.79 Å². The molecule has 4 heteroatoms. The molecular weight excluding hydrogens is 302 g/mol. The summed E-state index contributed by atoms with van der Waals surface area (Å²) in [5, 5.41) is 0. The fourth-order valence-electron chi connectivity index (χ4n) is 3.80. The van der Waals surface area contributed by atoms with Gasteiger partial charge in [0.2, 0.25) is 0 Å². The normalized spacial score (nSPS) is 29.5. The van der Waals surface area contributed by atoms with Gasteiger partial charge in [-0.3, -0.25) is 4.79 Å². The minimum Gasteiger partial charge on any atom is -0.349 e. The number of fused-ring (bicyclic) bond motifs is 1. The molecule has 0 aromatic heterocycles. The van der Waals surface area contributed by atoms with E-state index in [1.807, 2.05) is 30.4 Å². The van der Waals surface area contributed by atoms with Crippen molar-refractivity contribution in [3.8, 4) is 0 Å². The van der Waals surface area contributed by atoms with Crippen LogP contribution in [0, 0.1) is 17.8 Å². The van der Waals surface area contributed by atoms with E-state index in [0.717, 1.165) is 12.1 Å². The van der Waals surface area contributed by atoms with Gasteiger partial charge in [0.25, 0.3) is 5.91 Å². The third-order valence-electron chi connectivity index (χ3n) is 5.06. The van der Waals surface area contributed by atoms with Crippen molar-refractivity contribution < 1.29 is 14.3 Å². The van der Waals surface area contributed by atoms with E-state index in [-0.39, 0.29) is 23.7 Å². The van der Waals surface area contributed by atoms with Crippen LogP contribution in [0.4, 0.5) is 0 Å². The van der Waals surface area contributed by atoms with Gasteiger partial charge in [0.1, 0.15) is 0 Å². The summed E-state index contributed by atoms with van der Waals surface area (Å²) >= 11 is 0. The number of ether oxygens (including phenoxy) is 2. The Kier molecular flexibility index (Phi) is 4.78. The predicted octanol–water partition coefficient (Wildman–Crippen LogP) is 3.66. The molecule has 0 radical (unpaired) electrons. The van der Waals surface area contributed by atoms with Gasteiger partial charge in [-0.05, 0) is 36.6 Å². The number of hydrogen-bond acceptors (Lipinski definition) is 3. The summed E-state index contributed by atoms with van der Waals surface area (Å²) in [5.74, 6) is -0.524. The van der Waals surface area contributed by atoms with Crippen LogP contribution in [-0.4, -0.2) is 31.6 Å². The molecule has 0 saturated carbocycles. The highest BCUT2D eigenvalue weighted by Crippen LogP contribution is 2.44. The van der Waals surface area contributed by atoms with Crippen LogP contribution in [0.5, 0.6) is 0 Å². The van der Waals surface area contributed by atoms with Gasteiger partial charge in [-0.1, -0.05) is 37.3 Å². The highest BCUT2D eigenvalue weighted by Gasteiger charge is 2.48. The van der Waals surface area contributed by atoms with Gasteiger partial charge >= 0.3 is 0 Å². The summed E-state index contributed by atoms with van der Waals surface area (Å²) in [4.78, 5) is 16.9. The first-order valence-electron chi connectivity index (χ1n) is 8.25. The van der Waals surface area contributed by atoms with E-state index in [1.165, 1.54) is 0 Å². The average molecular weight is 325 g/mol. The molecule has 0 bridgehead atoms. The van der Waals surface area contributed by atoms with E-state index in [4.69, 9.17) is 9.47 Å². The summed E-state index contributed by atoms with van der Waals surface area (Å²) in [7, 11) is 3.32. The van der Waals surface area contributed by atoms with E-state index in [1.54, 1.807) is 26.4 Å². The molecule has 0 fully saturated rings. The molecule has 0 N–H and O–H groups in total. The van der Waals surface area contributed by atoms with Gasteiger partial charge in [0, 0.05) is 37.3 Å². The number of rotatable bonds is 3. The topological polar surface area (TPSA) is 47.9 Å². The molecule has 3 rings (SSSR count). The summed E-state index contributed by atoms with van der Waals surface area (Å²) in [5.41, 5.74) is 1.40. The maximum atomic E-state index is 12.5. The monoisotopic (exact) mass is 325 g/mol. The lowest BCUT2D eigenvalue weighted by Crippen LogP contribution is -2.51. The summed E-state index contributed by atoms with van der Waals surface area (Å²) in [6.07, 6.45) is 8.94. The standard InChI is InChI=1S/C20H23NO3/c1-14-8-7-11-16-18(14)17(12-13-20(16,23-2)24-3)21-19(22)15-9-5-4-6-10-15/h4-10,12-14,16,18H,11H2,1-3H3. The number of aliphatic imine (C=N–C) groups is 1. The molecule has 1 aromatic rings. The molecule has 2 aliphatic carbocycles. The molecule has 0 spiro atoms. The van der Waals surface area contributed by atoms with Crippen molar-refractivity contribution in [3.63, 3.8) is 0 Å². The highest BCUT2D eigenvalue weighted by atomic mass is 16.7. The van der Waals surface area contributed by atoms with Crippen molar-refractivity contribution in [1.29, 1.82) is 0 Å². The van der Waals surface area contributed by atoms with Crippen LogP contribution in [0.3, 0.4) is 0 Å². The van der Waals surface area contributed by atoms with E-state index >= 15 is 0 Å². The Balaban J connectivity index is 2.00. The Morgan fingerprint density at radius 2 is 1.92 bits per heavy atom. The second kappa shape index (κ2) is 6.83. The number of amides is 1. The number of carbonyl (C=O) groups excluding carboxylic acids is 1. The fraction of sp³-hybridized carbons (Fsp3) is 0.400. The van der Waals surface area contributed by atoms with E-state index < -0.39 is 5.79 Å². The molecule has 24 heavy (non-hydrogen) atoms. The molecule has 3 unspecified atom stereocenters. The lowest BCUT2D eigenvalue weighted by Gasteiger charge is -2.46. The van der Waals surface area contributed by atoms with Crippen molar-refractivity contribution in [2.75, 3.05) is 14.2 Å². The van der Waals surface area contributed by atoms with Gasteiger partial charge in [-0.25, -0.2) is 4.99 Å². The Hall–Kier alpha value is -2.04. The Morgan fingerprint density at radius 3 is 2.58 bits per heavy atom. The quantitative estimate of drug-likeness (QED) is 0.629. The van der Waals surface area contributed by atoms with Crippen molar-refractivity contribution >= 4 is 11.6 Å². The molecule has 0 aliphatic heterocycles. The van der Waals surface area contributed by atoms with Crippen molar-refractivity contribution in [2.24, 2.45) is 22.7 Å². The van der Waals surface area contributed by atoms with Gasteiger partial charge in [0.15, 0.2) is 5.79 Å². The van der Waals surface area contributed by atoms with Crippen molar-refractivity contribution in [3.05, 3.63) is 60.2 Å². The van der Waals surface area contributed by atoms with Crippen LogP contribution in [-0.2, 0) is 9.47 Å². The van der Waals surface area contributed by atoms with Gasteiger partial charge in [0.05, 0.1) is 0 Å². The number of benzene rings is 1. The Morgan fingerprint density at radius 1 is 1.21 bits per heavy atom. The third-order valence-corrected chi connectivity index (χ3v) is 5.06. The maximum Gasteiger partial charge on any atom is 0.277 e. The number of allylic oxidation sites excluding steroid dienone is 3. The third kappa shape index (κ3) is 2.87. The number of methoxy groups -OCH3 is 2. The van der Waals surface area contributed by atoms with Gasteiger partial charge in [-0.2, -0.15) is 0 Å². The van der Waals surface area contributed by atoms with Crippen LogP contribution in [0.1, 0.15) is 23.7 Å². The Bertz CT molecular complexity index is 686. The lowest BCUT2D eigenvalue weighted by atomic mass is 9.67. The molecule has 126 valence electrons. The molecule has 4 nitrogen and oxygen atoms in total. The minimum absolute atomic E-state index is 0.0903. The molecule has 0 saturated heterocycles. The molecule has 1 amide bonds. The van der Waals surface area contributed by atoms with Crippen molar-refractivity contribution in [1.82, 2.24) is 0 Å². The SMILES string of the molecule is COC1(OC)C=CC(=NC(=O)c2ccccc2)C2C(C)C=CCC21. The molecule has 1 aromatic carbocycles. The largest absolute Gasteiger partial charge is 0.349 e. The average Bonchev–Trinajstić information content (AvgIpc) is 2.63. The molecular formula is C20H23NO3. The maximum absolute atomic E-state index is 12.5. The van der Waals surface area contributed by atoms with E-state index in [0.29, 0.717) is 5.56 Å². The summed E-state index contributed by atoms with van der Waals surface area (Å²) in [6.45, 7) is 2.14. The van der Waals surface area contributed by atoms with Crippen LogP contribution in [0.25, 0.3) is 0 Å². The van der Waals surface area contributed by atoms with Gasteiger partial charge < -0.3 is 9.47 Å². The van der Waals surface area contributed by atoms with Crippen LogP contribution < -0.4 is 0 Å². The highest BCUT2D eigenvalue weighted by molar-refractivity contribution is 6.09. The first-order valence-corrected chi connectivity index (χ1v) is 8.25. The van der Waals surface area contributed by atoms with Crippen molar-refractivity contribution in [2.45, 2.75) is 19.1 Å². The summed E-state index contributed by atoms with van der Waals surface area (Å²) in [6, 6.07) is 9.16. The molecule has 3 atom stereocenters. The number of hydrogen-bond donors (Lipinski definition) is 0. The van der Waals surface area contributed by atoms with E-state index in [2.05, 4.69) is 24.1 Å². The number of carbonyl (C=O) groups is 1. The van der Waals surface area contributed by atoms with Crippen LogP contribution in [0.2, 0.25) is 0 Å². The Labute approximate surface area is 142 Å². The smallest absolute Gasteiger partial charge is 0.277 e. The minimum atomic E-state index is -0.765. The first-order chi connectivity index (χ1) is 11.6. The second-order valence-corrected chi connectivity index (χ2v) is 6.33. The molecule has 2 aliphatic rings.